The van der Waals surface area contributed by atoms with Crippen molar-refractivity contribution in [2.24, 2.45) is 0 Å². The Morgan fingerprint density at radius 1 is 0.900 bits per heavy atom. The van der Waals surface area contributed by atoms with E-state index in [1.807, 2.05) is 0 Å². The first-order chi connectivity index (χ1) is 9.84. The lowest BCUT2D eigenvalue weighted by Crippen LogP contribution is -3.12. The molecule has 20 heavy (non-hydrogen) atoms. The maximum Gasteiger partial charge on any atom is 0.158 e. The number of hydrogen-bond acceptors (Lipinski definition) is 2. The van der Waals surface area contributed by atoms with Crippen LogP contribution in [0.15, 0.2) is 22.9 Å². The maximum atomic E-state index is 12.0. The minimum Gasteiger partial charge on any atom is -0.370 e. The SMILES string of the molecule is O=C1CCCC/C1=C\C1=C([NH+]2CCOCC2)CCCC1. The van der Waals surface area contributed by atoms with Crippen LogP contribution in [0.2, 0.25) is 0 Å². The molecule has 3 rings (SSSR count). The minimum atomic E-state index is 0.394. The van der Waals surface area contributed by atoms with Crippen LogP contribution in [0, 0.1) is 0 Å². The van der Waals surface area contributed by atoms with Gasteiger partial charge in [0.2, 0.25) is 0 Å². The highest BCUT2D eigenvalue weighted by Crippen LogP contribution is 2.27. The molecule has 1 saturated carbocycles. The van der Waals surface area contributed by atoms with Crippen LogP contribution in [0.1, 0.15) is 51.4 Å². The van der Waals surface area contributed by atoms with Gasteiger partial charge in [-0.15, -0.1) is 0 Å². The quantitative estimate of drug-likeness (QED) is 0.780. The van der Waals surface area contributed by atoms with Crippen molar-refractivity contribution in [1.82, 2.24) is 0 Å². The van der Waals surface area contributed by atoms with Gasteiger partial charge >= 0.3 is 0 Å². The van der Waals surface area contributed by atoms with E-state index < -0.39 is 0 Å². The summed E-state index contributed by atoms with van der Waals surface area (Å²) in [6, 6.07) is 0. The average Bonchev–Trinajstić information content (AvgIpc) is 2.51. The van der Waals surface area contributed by atoms with Gasteiger partial charge in [-0.1, -0.05) is 0 Å². The van der Waals surface area contributed by atoms with Crippen LogP contribution in [0.25, 0.3) is 0 Å². The molecular formula is C17H26NO2+. The second kappa shape index (κ2) is 6.68. The molecule has 2 aliphatic carbocycles. The van der Waals surface area contributed by atoms with E-state index in [-0.39, 0.29) is 0 Å². The third-order valence-corrected chi connectivity index (χ3v) is 4.84. The average molecular weight is 276 g/mol. The lowest BCUT2D eigenvalue weighted by molar-refractivity contribution is -0.871. The fourth-order valence-corrected chi connectivity index (χ4v) is 3.68. The minimum absolute atomic E-state index is 0.394. The Morgan fingerprint density at radius 2 is 1.60 bits per heavy atom. The molecule has 0 amide bonds. The molecule has 0 atom stereocenters. The summed E-state index contributed by atoms with van der Waals surface area (Å²) in [5.41, 5.74) is 4.14. The van der Waals surface area contributed by atoms with Gasteiger partial charge in [-0.25, -0.2) is 0 Å². The van der Waals surface area contributed by atoms with Crippen molar-refractivity contribution in [2.45, 2.75) is 51.4 Å². The number of quaternary nitrogens is 1. The van der Waals surface area contributed by atoms with E-state index in [1.165, 1.54) is 31.3 Å². The molecule has 3 heteroatoms. The second-order valence-corrected chi connectivity index (χ2v) is 6.23. The van der Waals surface area contributed by atoms with Crippen molar-refractivity contribution in [1.29, 1.82) is 0 Å². The first kappa shape index (κ1) is 14.0. The molecule has 1 saturated heterocycles. The number of Topliss-reactive ketones (excluding diaryl/α,β-unsaturated/α-hetero) is 1. The smallest absolute Gasteiger partial charge is 0.158 e. The number of carbonyl (C=O) groups is 1. The normalized spacial score (nSPS) is 28.2. The largest absolute Gasteiger partial charge is 0.370 e. The molecule has 0 unspecified atom stereocenters. The zero-order valence-corrected chi connectivity index (χ0v) is 12.4. The summed E-state index contributed by atoms with van der Waals surface area (Å²) in [5, 5.41) is 0. The molecule has 0 bridgehead atoms. The third kappa shape index (κ3) is 3.21. The fraction of sp³-hybridized carbons (Fsp3) is 0.706. The van der Waals surface area contributed by atoms with Crippen molar-refractivity contribution >= 4 is 5.78 Å². The number of nitrogens with one attached hydrogen (secondary N) is 1. The van der Waals surface area contributed by atoms with Crippen LogP contribution in [0.4, 0.5) is 0 Å². The van der Waals surface area contributed by atoms with Crippen molar-refractivity contribution < 1.29 is 14.4 Å². The van der Waals surface area contributed by atoms with Gasteiger partial charge in [-0.2, -0.15) is 0 Å². The molecular weight excluding hydrogens is 250 g/mol. The van der Waals surface area contributed by atoms with E-state index in [2.05, 4.69) is 6.08 Å². The van der Waals surface area contributed by atoms with E-state index in [4.69, 9.17) is 4.74 Å². The van der Waals surface area contributed by atoms with Crippen LogP contribution in [0.5, 0.6) is 0 Å². The van der Waals surface area contributed by atoms with E-state index in [1.54, 1.807) is 10.6 Å². The Morgan fingerprint density at radius 3 is 2.40 bits per heavy atom. The van der Waals surface area contributed by atoms with Gasteiger partial charge in [0.05, 0.1) is 13.2 Å². The van der Waals surface area contributed by atoms with Gasteiger partial charge < -0.3 is 9.64 Å². The number of rotatable bonds is 2. The van der Waals surface area contributed by atoms with Crippen molar-refractivity contribution in [2.75, 3.05) is 26.3 Å². The highest BCUT2D eigenvalue weighted by molar-refractivity contribution is 5.96. The molecule has 0 aromatic rings. The predicted octanol–water partition coefficient (Wildman–Crippen LogP) is 1.80. The van der Waals surface area contributed by atoms with Crippen molar-refractivity contribution in [3.63, 3.8) is 0 Å². The van der Waals surface area contributed by atoms with E-state index >= 15 is 0 Å². The van der Waals surface area contributed by atoms with Gasteiger partial charge in [0.1, 0.15) is 18.8 Å². The molecule has 1 heterocycles. The Bertz CT molecular complexity index is 430. The summed E-state index contributed by atoms with van der Waals surface area (Å²) in [5.74, 6) is 0.394. The Hall–Kier alpha value is -0.930. The highest BCUT2D eigenvalue weighted by atomic mass is 16.5. The molecule has 3 aliphatic rings. The van der Waals surface area contributed by atoms with Gasteiger partial charge in [0, 0.05) is 18.4 Å². The van der Waals surface area contributed by atoms with Crippen molar-refractivity contribution in [3.05, 3.63) is 22.9 Å². The first-order valence-corrected chi connectivity index (χ1v) is 8.23. The van der Waals surface area contributed by atoms with Crippen LogP contribution < -0.4 is 4.90 Å². The van der Waals surface area contributed by atoms with Crippen LogP contribution >= 0.6 is 0 Å². The second-order valence-electron chi connectivity index (χ2n) is 6.23. The van der Waals surface area contributed by atoms with Gasteiger partial charge in [0.15, 0.2) is 5.78 Å². The summed E-state index contributed by atoms with van der Waals surface area (Å²) in [6.07, 6.45) is 11.2. The summed E-state index contributed by atoms with van der Waals surface area (Å²) in [4.78, 5) is 13.6. The highest BCUT2D eigenvalue weighted by Gasteiger charge is 2.25. The van der Waals surface area contributed by atoms with Crippen molar-refractivity contribution in [3.8, 4) is 0 Å². The molecule has 2 fully saturated rings. The lowest BCUT2D eigenvalue weighted by Gasteiger charge is -2.29. The van der Waals surface area contributed by atoms with Crippen LogP contribution in [-0.2, 0) is 9.53 Å². The van der Waals surface area contributed by atoms with Crippen LogP contribution in [0.3, 0.4) is 0 Å². The molecule has 0 spiro atoms. The van der Waals surface area contributed by atoms with Gasteiger partial charge in [-0.05, 0) is 50.2 Å². The van der Waals surface area contributed by atoms with E-state index in [0.29, 0.717) is 5.78 Å². The standard InChI is InChI=1S/C17H25NO2/c19-17-8-4-2-6-15(17)13-14-5-1-3-7-16(14)18-9-11-20-12-10-18/h13H,1-12H2/p+1/b15-13+. The summed E-state index contributed by atoms with van der Waals surface area (Å²) < 4.78 is 5.48. The van der Waals surface area contributed by atoms with Gasteiger partial charge in [0.25, 0.3) is 0 Å². The number of morpholine rings is 1. The third-order valence-electron chi connectivity index (χ3n) is 4.84. The Kier molecular flexibility index (Phi) is 4.69. The Balaban J connectivity index is 1.84. The molecule has 110 valence electrons. The van der Waals surface area contributed by atoms with Crippen LogP contribution in [-0.4, -0.2) is 32.1 Å². The summed E-state index contributed by atoms with van der Waals surface area (Å²) in [7, 11) is 0. The zero-order valence-electron chi connectivity index (χ0n) is 12.4. The monoisotopic (exact) mass is 276 g/mol. The maximum absolute atomic E-state index is 12.0. The molecule has 1 aliphatic heterocycles. The fourth-order valence-electron chi connectivity index (χ4n) is 3.68. The lowest BCUT2D eigenvalue weighted by atomic mass is 9.88. The molecule has 0 aromatic heterocycles. The number of allylic oxidation sites excluding steroid dienone is 4. The number of hydrogen-bond donors (Lipinski definition) is 1. The molecule has 1 N–H and O–H groups in total. The topological polar surface area (TPSA) is 30.7 Å². The summed E-state index contributed by atoms with van der Waals surface area (Å²) >= 11 is 0. The van der Waals surface area contributed by atoms with E-state index in [0.717, 1.165) is 57.6 Å². The molecule has 0 radical (unpaired) electrons. The number of ketones is 1. The van der Waals surface area contributed by atoms with Gasteiger partial charge in [-0.3, -0.25) is 4.79 Å². The molecule has 3 nitrogen and oxygen atoms in total. The first-order valence-electron chi connectivity index (χ1n) is 8.23. The predicted molar refractivity (Wildman–Crippen MR) is 78.6 cm³/mol. The summed E-state index contributed by atoms with van der Waals surface area (Å²) in [6.45, 7) is 3.94. The number of carbonyl (C=O) groups excluding carboxylic acids is 1. The number of ether oxygens (including phenoxy) is 1. The van der Waals surface area contributed by atoms with E-state index in [9.17, 15) is 4.79 Å². The molecule has 0 aromatic carbocycles. The zero-order chi connectivity index (χ0) is 13.8. The Labute approximate surface area is 121 Å².